The van der Waals surface area contributed by atoms with E-state index in [1.807, 2.05) is 0 Å². The molecule has 258 valence electrons. The number of hydrogen-bond donors (Lipinski definition) is 0. The highest BCUT2D eigenvalue weighted by molar-refractivity contribution is 6.02. The summed E-state index contributed by atoms with van der Waals surface area (Å²) in [5.74, 6) is 1.78. The van der Waals surface area contributed by atoms with Crippen molar-refractivity contribution < 1.29 is 4.74 Å². The molecule has 1 atom stereocenters. The van der Waals surface area contributed by atoms with Crippen LogP contribution in [0.1, 0.15) is 22.3 Å². The molecule has 1 heterocycles. The second-order valence-corrected chi connectivity index (χ2v) is 14.4. The Morgan fingerprint density at radius 1 is 0.364 bits per heavy atom. The van der Waals surface area contributed by atoms with Gasteiger partial charge in [0, 0.05) is 33.3 Å². The molecular formula is C53H35NO. The molecule has 1 spiro atoms. The second-order valence-electron chi connectivity index (χ2n) is 14.4. The summed E-state index contributed by atoms with van der Waals surface area (Å²) in [7, 11) is 0. The van der Waals surface area contributed by atoms with Gasteiger partial charge in [-0.05, 0) is 69.1 Å². The van der Waals surface area contributed by atoms with Gasteiger partial charge in [-0.15, -0.1) is 0 Å². The van der Waals surface area contributed by atoms with Gasteiger partial charge in [0.2, 0.25) is 0 Å². The molecule has 55 heavy (non-hydrogen) atoms. The molecule has 1 aliphatic carbocycles. The second kappa shape index (κ2) is 12.5. The van der Waals surface area contributed by atoms with Crippen LogP contribution in [0.15, 0.2) is 212 Å². The zero-order chi connectivity index (χ0) is 36.3. The average molecular weight is 702 g/mol. The zero-order valence-electron chi connectivity index (χ0n) is 30.1. The van der Waals surface area contributed by atoms with Crippen molar-refractivity contribution in [1.29, 1.82) is 0 Å². The highest BCUT2D eigenvalue weighted by Crippen LogP contribution is 2.64. The number of ether oxygens (including phenoxy) is 1. The van der Waals surface area contributed by atoms with Crippen LogP contribution < -0.4 is 9.64 Å². The number of anilines is 3. The van der Waals surface area contributed by atoms with E-state index in [0.717, 1.165) is 50.8 Å². The van der Waals surface area contributed by atoms with Crippen LogP contribution in [-0.4, -0.2) is 0 Å². The Labute approximate surface area is 321 Å². The van der Waals surface area contributed by atoms with E-state index >= 15 is 0 Å². The Kier molecular flexibility index (Phi) is 7.11. The summed E-state index contributed by atoms with van der Waals surface area (Å²) in [4.78, 5) is 2.47. The van der Waals surface area contributed by atoms with Crippen LogP contribution in [0.5, 0.6) is 11.5 Å². The fourth-order valence-corrected chi connectivity index (χ4v) is 9.24. The molecule has 1 aliphatic heterocycles. The van der Waals surface area contributed by atoms with Gasteiger partial charge in [0.25, 0.3) is 0 Å². The van der Waals surface area contributed by atoms with Crippen molar-refractivity contribution in [3.8, 4) is 44.9 Å². The Balaban J connectivity index is 1.24. The lowest BCUT2D eigenvalue weighted by Gasteiger charge is -2.40. The lowest BCUT2D eigenvalue weighted by Crippen LogP contribution is -2.32. The smallest absolute Gasteiger partial charge is 0.140 e. The van der Waals surface area contributed by atoms with Gasteiger partial charge in [0.05, 0.1) is 16.8 Å². The van der Waals surface area contributed by atoms with Crippen molar-refractivity contribution in [3.05, 3.63) is 235 Å². The van der Waals surface area contributed by atoms with Gasteiger partial charge in [0.15, 0.2) is 0 Å². The third kappa shape index (κ3) is 4.68. The van der Waals surface area contributed by atoms with Gasteiger partial charge in [-0.1, -0.05) is 182 Å². The van der Waals surface area contributed by atoms with Gasteiger partial charge >= 0.3 is 0 Å². The molecule has 0 fully saturated rings. The van der Waals surface area contributed by atoms with Crippen LogP contribution in [0.25, 0.3) is 44.2 Å². The monoisotopic (exact) mass is 701 g/mol. The molecule has 0 radical (unpaired) electrons. The number of nitrogens with zero attached hydrogens (tertiary/aromatic N) is 1. The zero-order valence-corrected chi connectivity index (χ0v) is 30.1. The molecule has 2 heteroatoms. The topological polar surface area (TPSA) is 12.5 Å². The van der Waals surface area contributed by atoms with Crippen LogP contribution in [0.2, 0.25) is 0 Å². The molecule has 0 N–H and O–H groups in total. The fourth-order valence-electron chi connectivity index (χ4n) is 9.24. The fraction of sp³-hybridized carbons (Fsp3) is 0.0189. The molecule has 1 unspecified atom stereocenters. The molecule has 0 bridgehead atoms. The maximum atomic E-state index is 7.00. The Bertz CT molecular complexity index is 2910. The maximum Gasteiger partial charge on any atom is 0.140 e. The summed E-state index contributed by atoms with van der Waals surface area (Å²) < 4.78 is 7.00. The van der Waals surface area contributed by atoms with Gasteiger partial charge in [0.1, 0.15) is 11.5 Å². The van der Waals surface area contributed by atoms with E-state index in [4.69, 9.17) is 4.74 Å². The first-order chi connectivity index (χ1) is 27.3. The largest absolute Gasteiger partial charge is 0.456 e. The minimum Gasteiger partial charge on any atom is -0.456 e. The quantitative estimate of drug-likeness (QED) is 0.177. The molecule has 9 aromatic carbocycles. The van der Waals surface area contributed by atoms with Crippen LogP contribution in [0, 0.1) is 0 Å². The third-order valence-electron chi connectivity index (χ3n) is 11.5. The molecule has 9 aromatic rings. The summed E-state index contributed by atoms with van der Waals surface area (Å²) in [5, 5.41) is 2.40. The molecule has 2 aliphatic rings. The van der Waals surface area contributed by atoms with Crippen LogP contribution in [0.4, 0.5) is 17.1 Å². The lowest BCUT2D eigenvalue weighted by molar-refractivity contribution is 0.438. The first kappa shape index (κ1) is 31.4. The van der Waals surface area contributed by atoms with Crippen molar-refractivity contribution in [2.24, 2.45) is 0 Å². The number of rotatable bonds is 5. The molecule has 0 amide bonds. The van der Waals surface area contributed by atoms with Gasteiger partial charge in [-0.2, -0.15) is 0 Å². The predicted molar refractivity (Wildman–Crippen MR) is 227 cm³/mol. The van der Waals surface area contributed by atoms with Gasteiger partial charge in [-0.3, -0.25) is 0 Å². The minimum absolute atomic E-state index is 0.625. The van der Waals surface area contributed by atoms with Crippen molar-refractivity contribution in [3.63, 3.8) is 0 Å². The van der Waals surface area contributed by atoms with Crippen molar-refractivity contribution >= 4 is 27.8 Å². The van der Waals surface area contributed by atoms with Gasteiger partial charge in [-0.25, -0.2) is 0 Å². The van der Waals surface area contributed by atoms with E-state index in [2.05, 4.69) is 217 Å². The number of fused-ring (bicyclic) bond motifs is 10. The number of hydrogen-bond acceptors (Lipinski definition) is 2. The van der Waals surface area contributed by atoms with E-state index in [-0.39, 0.29) is 0 Å². The average Bonchev–Trinajstić information content (AvgIpc) is 3.54. The van der Waals surface area contributed by atoms with Crippen LogP contribution in [-0.2, 0) is 5.41 Å². The maximum absolute atomic E-state index is 7.00. The highest BCUT2D eigenvalue weighted by atomic mass is 16.5. The third-order valence-corrected chi connectivity index (χ3v) is 11.5. The highest BCUT2D eigenvalue weighted by Gasteiger charge is 2.51. The first-order valence-electron chi connectivity index (χ1n) is 18.9. The van der Waals surface area contributed by atoms with E-state index in [1.165, 1.54) is 44.2 Å². The Morgan fingerprint density at radius 2 is 0.927 bits per heavy atom. The van der Waals surface area contributed by atoms with E-state index in [9.17, 15) is 0 Å². The molecule has 0 aromatic heterocycles. The Hall–Kier alpha value is -7.16. The molecule has 0 saturated carbocycles. The molecule has 2 nitrogen and oxygen atoms in total. The number of benzene rings is 9. The summed E-state index contributed by atoms with van der Waals surface area (Å²) in [6.45, 7) is 0. The van der Waals surface area contributed by atoms with Crippen molar-refractivity contribution in [1.82, 2.24) is 0 Å². The minimum atomic E-state index is -0.625. The lowest BCUT2D eigenvalue weighted by atomic mass is 9.65. The predicted octanol–water partition coefficient (Wildman–Crippen LogP) is 14.1. The molecule has 11 rings (SSSR count). The molecule has 0 saturated heterocycles. The summed E-state index contributed by atoms with van der Waals surface area (Å²) in [6.07, 6.45) is 0. The summed E-state index contributed by atoms with van der Waals surface area (Å²) in [5.41, 5.74) is 14.6. The van der Waals surface area contributed by atoms with E-state index < -0.39 is 5.41 Å². The van der Waals surface area contributed by atoms with Crippen molar-refractivity contribution in [2.75, 3.05) is 4.90 Å². The van der Waals surface area contributed by atoms with E-state index in [0.29, 0.717) is 0 Å². The van der Waals surface area contributed by atoms with Crippen LogP contribution >= 0.6 is 0 Å². The Morgan fingerprint density at radius 3 is 1.76 bits per heavy atom. The standard InChI is InChI=1S/C53H35NO/c1-3-17-36(18-4-1)40-24-10-13-30-49(40)54(50-31-15-22-37-21-7-8-23-41(37)50)39-33-34-44-43-25-9-11-27-45(43)53(48(44)35-39)46-28-12-14-32-51(46)55-52-42(26-16-29-47(52)53)38-19-5-2-6-20-38/h1-35H. The van der Waals surface area contributed by atoms with E-state index in [1.54, 1.807) is 0 Å². The number of para-hydroxylation sites is 3. The SMILES string of the molecule is c1ccc(-c2ccccc2N(c2ccc3c(c2)C2(c4ccccc4Oc4c(-c5ccccc5)cccc42)c2ccccc2-3)c2cccc3ccccc23)cc1. The van der Waals surface area contributed by atoms with Crippen LogP contribution in [0.3, 0.4) is 0 Å². The van der Waals surface area contributed by atoms with Gasteiger partial charge < -0.3 is 9.64 Å². The normalized spacial score (nSPS) is 14.8. The summed E-state index contributed by atoms with van der Waals surface area (Å²) in [6, 6.07) is 76.9. The first-order valence-corrected chi connectivity index (χ1v) is 18.9. The van der Waals surface area contributed by atoms with Crippen molar-refractivity contribution in [2.45, 2.75) is 5.41 Å². The summed E-state index contributed by atoms with van der Waals surface area (Å²) >= 11 is 0. The molecular weight excluding hydrogens is 667 g/mol.